The number of pyridine rings is 1. The van der Waals surface area contributed by atoms with Gasteiger partial charge in [-0.3, -0.25) is 14.4 Å². The molecule has 27 heavy (non-hydrogen) atoms. The number of hydrogen-bond donors (Lipinski definition) is 1. The first-order chi connectivity index (χ1) is 12.8. The molecule has 0 spiro atoms. The second-order valence-corrected chi connectivity index (χ2v) is 6.22. The van der Waals surface area contributed by atoms with Gasteiger partial charge in [0.05, 0.1) is 5.52 Å². The van der Waals surface area contributed by atoms with E-state index in [1.807, 2.05) is 0 Å². The molecule has 2 aromatic carbocycles. The van der Waals surface area contributed by atoms with Gasteiger partial charge in [-0.25, -0.2) is 4.39 Å². The fraction of sp³-hybridized carbons (Fsp3) is 0.105. The maximum absolute atomic E-state index is 13.1. The highest BCUT2D eigenvalue weighted by Gasteiger charge is 2.25. The normalized spacial score (nSPS) is 10.7. The number of nitrogens with zero attached hydrogens (tertiary/aromatic N) is 1. The van der Waals surface area contributed by atoms with Gasteiger partial charge in [-0.05, 0) is 42.5 Å². The molecule has 0 saturated heterocycles. The molecule has 0 aliphatic carbocycles. The highest BCUT2D eigenvalue weighted by Crippen LogP contribution is 2.30. The van der Waals surface area contributed by atoms with Gasteiger partial charge in [0.1, 0.15) is 11.4 Å². The summed E-state index contributed by atoms with van der Waals surface area (Å²) in [5.41, 5.74) is -0.353. The van der Waals surface area contributed by atoms with E-state index in [0.29, 0.717) is 21.6 Å². The number of nitrogens with one attached hydrogen (secondary N) is 1. The van der Waals surface area contributed by atoms with Crippen LogP contribution < -0.4 is 15.2 Å². The zero-order valence-electron chi connectivity index (χ0n) is 14.4. The quantitative estimate of drug-likeness (QED) is 0.696. The number of benzene rings is 2. The largest absolute Gasteiger partial charge is 0.425 e. The Kier molecular flexibility index (Phi) is 4.96. The third-order valence-corrected chi connectivity index (χ3v) is 4.14. The number of amides is 1. The Morgan fingerprint density at radius 1 is 1.15 bits per heavy atom. The average Bonchev–Trinajstić information content (AvgIpc) is 2.61. The van der Waals surface area contributed by atoms with Crippen LogP contribution in [0.4, 0.5) is 10.1 Å². The Morgan fingerprint density at radius 2 is 1.81 bits per heavy atom. The van der Waals surface area contributed by atoms with E-state index >= 15 is 0 Å². The molecule has 3 rings (SSSR count). The van der Waals surface area contributed by atoms with Crippen molar-refractivity contribution in [2.75, 3.05) is 11.9 Å². The predicted molar refractivity (Wildman–Crippen MR) is 100 cm³/mol. The van der Waals surface area contributed by atoms with Crippen molar-refractivity contribution in [3.05, 3.63) is 69.2 Å². The van der Waals surface area contributed by atoms with E-state index in [2.05, 4.69) is 4.98 Å². The number of esters is 1. The van der Waals surface area contributed by atoms with Gasteiger partial charge in [0.15, 0.2) is 5.75 Å². The van der Waals surface area contributed by atoms with Crippen LogP contribution in [0.3, 0.4) is 0 Å². The van der Waals surface area contributed by atoms with Crippen LogP contribution in [0.25, 0.3) is 10.9 Å². The van der Waals surface area contributed by atoms with Crippen LogP contribution in [0.1, 0.15) is 17.3 Å². The summed E-state index contributed by atoms with van der Waals surface area (Å²) in [6, 6.07) is 9.76. The number of H-pyrrole nitrogens is 1. The fourth-order valence-corrected chi connectivity index (χ4v) is 2.80. The highest BCUT2D eigenvalue weighted by atomic mass is 35.5. The number of aromatic nitrogens is 1. The Hall–Kier alpha value is -3.19. The summed E-state index contributed by atoms with van der Waals surface area (Å²) in [5.74, 6) is -2.05. The third kappa shape index (κ3) is 3.68. The topological polar surface area (TPSA) is 79.5 Å². The number of carbonyl (C=O) groups is 2. The van der Waals surface area contributed by atoms with Gasteiger partial charge >= 0.3 is 5.97 Å². The molecule has 138 valence electrons. The van der Waals surface area contributed by atoms with Crippen LogP contribution in [0.15, 0.2) is 47.3 Å². The lowest BCUT2D eigenvalue weighted by atomic mass is 10.1. The summed E-state index contributed by atoms with van der Waals surface area (Å²) in [4.78, 5) is 40.8. The Morgan fingerprint density at radius 3 is 2.44 bits per heavy atom. The lowest BCUT2D eigenvalue weighted by Crippen LogP contribution is -2.32. The molecule has 0 atom stereocenters. The first-order valence-corrected chi connectivity index (χ1v) is 8.23. The first-order valence-electron chi connectivity index (χ1n) is 7.85. The summed E-state index contributed by atoms with van der Waals surface area (Å²) in [6.07, 6.45) is 0. The molecule has 0 saturated carbocycles. The minimum Gasteiger partial charge on any atom is -0.425 e. The van der Waals surface area contributed by atoms with Crippen molar-refractivity contribution in [2.24, 2.45) is 0 Å². The summed E-state index contributed by atoms with van der Waals surface area (Å²) < 4.78 is 18.3. The van der Waals surface area contributed by atoms with Crippen molar-refractivity contribution < 1.29 is 18.7 Å². The molecule has 0 aliphatic heterocycles. The number of anilines is 1. The zero-order chi connectivity index (χ0) is 19.7. The molecule has 0 fully saturated rings. The average molecular weight is 389 g/mol. The first kappa shape index (κ1) is 18.6. The minimum atomic E-state index is -0.722. The number of rotatable bonds is 3. The van der Waals surface area contributed by atoms with Crippen LogP contribution in [0, 0.1) is 5.82 Å². The molecule has 3 aromatic rings. The van der Waals surface area contributed by atoms with E-state index in [9.17, 15) is 18.8 Å². The van der Waals surface area contributed by atoms with Crippen molar-refractivity contribution >= 4 is 40.1 Å². The fourth-order valence-electron chi connectivity index (χ4n) is 2.63. The Balaban J connectivity index is 2.21. The van der Waals surface area contributed by atoms with Gasteiger partial charge in [0, 0.05) is 30.1 Å². The highest BCUT2D eigenvalue weighted by molar-refractivity contribution is 6.31. The third-order valence-electron chi connectivity index (χ3n) is 3.91. The summed E-state index contributed by atoms with van der Waals surface area (Å²) in [6.45, 7) is 1.16. The molecule has 1 amide bonds. The van der Waals surface area contributed by atoms with Gasteiger partial charge in [-0.2, -0.15) is 0 Å². The summed E-state index contributed by atoms with van der Waals surface area (Å²) in [7, 11) is 1.43. The molecule has 0 radical (unpaired) electrons. The van der Waals surface area contributed by atoms with Gasteiger partial charge < -0.3 is 14.6 Å². The van der Waals surface area contributed by atoms with Crippen LogP contribution in [-0.2, 0) is 4.79 Å². The molecule has 1 heterocycles. The second kappa shape index (κ2) is 7.20. The van der Waals surface area contributed by atoms with Crippen LogP contribution in [-0.4, -0.2) is 23.9 Å². The number of aromatic amines is 1. The molecular formula is C19H14ClFN2O4. The smallest absolute Gasteiger partial charge is 0.308 e. The van der Waals surface area contributed by atoms with Crippen LogP contribution in [0.5, 0.6) is 5.75 Å². The maximum Gasteiger partial charge on any atom is 0.308 e. The van der Waals surface area contributed by atoms with Gasteiger partial charge in [-0.1, -0.05) is 11.6 Å². The van der Waals surface area contributed by atoms with E-state index in [1.165, 1.54) is 37.4 Å². The van der Waals surface area contributed by atoms with E-state index < -0.39 is 23.3 Å². The van der Waals surface area contributed by atoms with Crippen molar-refractivity contribution in [3.8, 4) is 5.75 Å². The number of carbonyl (C=O) groups excluding carboxylic acids is 2. The molecule has 0 bridgehead atoms. The van der Waals surface area contributed by atoms with Gasteiger partial charge in [-0.15, -0.1) is 0 Å². The van der Waals surface area contributed by atoms with E-state index in [0.717, 1.165) is 11.8 Å². The standard InChI is InChI=1S/C19H14ClFN2O4/c1-10(24)27-17-14-9-11(20)3-8-15(14)22-18(25)16(17)19(26)23(2)13-6-4-12(21)5-7-13/h3-9H,1-2H3,(H,22,25). The van der Waals surface area contributed by atoms with Crippen LogP contribution in [0.2, 0.25) is 5.02 Å². The minimum absolute atomic E-state index is 0.178. The number of ether oxygens (including phenoxy) is 1. The SMILES string of the molecule is CC(=O)Oc1c(C(=O)N(C)c2ccc(F)cc2)c(=O)[nH]c2ccc(Cl)cc12. The number of hydrogen-bond acceptors (Lipinski definition) is 4. The molecule has 1 aromatic heterocycles. The van der Waals surface area contributed by atoms with E-state index in [1.54, 1.807) is 12.1 Å². The van der Waals surface area contributed by atoms with Crippen molar-refractivity contribution in [2.45, 2.75) is 6.92 Å². The zero-order valence-corrected chi connectivity index (χ0v) is 15.1. The molecule has 0 aliphatic rings. The molecular weight excluding hydrogens is 375 g/mol. The predicted octanol–water partition coefficient (Wildman–Crippen LogP) is 3.52. The monoisotopic (exact) mass is 388 g/mol. The second-order valence-electron chi connectivity index (χ2n) is 5.78. The lowest BCUT2D eigenvalue weighted by molar-refractivity contribution is -0.131. The number of fused-ring (bicyclic) bond motifs is 1. The van der Waals surface area contributed by atoms with Crippen molar-refractivity contribution in [1.82, 2.24) is 4.98 Å². The summed E-state index contributed by atoms with van der Waals surface area (Å²) in [5, 5.41) is 0.654. The molecule has 1 N–H and O–H groups in total. The molecule has 8 heteroatoms. The van der Waals surface area contributed by atoms with Crippen LogP contribution >= 0.6 is 11.6 Å². The van der Waals surface area contributed by atoms with E-state index in [4.69, 9.17) is 16.3 Å². The van der Waals surface area contributed by atoms with Crippen molar-refractivity contribution in [1.29, 1.82) is 0 Å². The number of halogens is 2. The van der Waals surface area contributed by atoms with Gasteiger partial charge in [0.2, 0.25) is 0 Å². The Bertz CT molecular complexity index is 1110. The van der Waals surface area contributed by atoms with E-state index in [-0.39, 0.29) is 11.3 Å². The maximum atomic E-state index is 13.1. The Labute approximate surface area is 158 Å². The molecule has 0 unspecified atom stereocenters. The van der Waals surface area contributed by atoms with Gasteiger partial charge in [0.25, 0.3) is 11.5 Å². The summed E-state index contributed by atoms with van der Waals surface area (Å²) >= 11 is 6.01. The van der Waals surface area contributed by atoms with Crippen molar-refractivity contribution in [3.63, 3.8) is 0 Å². The lowest BCUT2D eigenvalue weighted by Gasteiger charge is -2.19. The molecule has 6 nitrogen and oxygen atoms in total.